The van der Waals surface area contributed by atoms with Gasteiger partial charge in [-0.2, -0.15) is 0 Å². The van der Waals surface area contributed by atoms with E-state index in [2.05, 4.69) is 12.2 Å². The Morgan fingerprint density at radius 3 is 2.49 bits per heavy atom. The molecule has 35 heavy (non-hydrogen) atoms. The van der Waals surface area contributed by atoms with Crippen molar-refractivity contribution in [1.29, 1.82) is 0 Å². The highest BCUT2D eigenvalue weighted by atomic mass is 35.5. The largest absolute Gasteiger partial charge is 0.490 e. The molecule has 0 unspecified atom stereocenters. The van der Waals surface area contributed by atoms with Gasteiger partial charge in [0.05, 0.1) is 23.9 Å². The van der Waals surface area contributed by atoms with Crippen molar-refractivity contribution in [3.63, 3.8) is 0 Å². The molecule has 1 N–H and O–H groups in total. The van der Waals surface area contributed by atoms with Crippen molar-refractivity contribution >= 4 is 52.8 Å². The summed E-state index contributed by atoms with van der Waals surface area (Å²) in [4.78, 5) is 39.2. The first-order valence-corrected chi connectivity index (χ1v) is 12.3. The summed E-state index contributed by atoms with van der Waals surface area (Å²) in [6.07, 6.45) is 5.58. The van der Waals surface area contributed by atoms with Gasteiger partial charge in [0.2, 0.25) is 0 Å². The first-order chi connectivity index (χ1) is 16.8. The van der Waals surface area contributed by atoms with Crippen LogP contribution in [-0.2, 0) is 9.59 Å². The van der Waals surface area contributed by atoms with Crippen LogP contribution in [0.3, 0.4) is 0 Å². The minimum atomic E-state index is -0.845. The molecule has 0 aromatic heterocycles. The van der Waals surface area contributed by atoms with Gasteiger partial charge < -0.3 is 9.47 Å². The maximum Gasteiger partial charge on any atom is 0.335 e. The number of urea groups is 1. The van der Waals surface area contributed by atoms with E-state index in [1.165, 1.54) is 6.08 Å². The number of unbranched alkanes of at least 4 members (excludes halogenated alkanes) is 3. The molecule has 7 nitrogen and oxygen atoms in total. The van der Waals surface area contributed by atoms with Crippen molar-refractivity contribution < 1.29 is 23.9 Å². The van der Waals surface area contributed by atoms with Crippen LogP contribution < -0.4 is 19.7 Å². The topological polar surface area (TPSA) is 84.9 Å². The molecule has 0 saturated carbocycles. The van der Waals surface area contributed by atoms with Gasteiger partial charge in [0.1, 0.15) is 5.57 Å². The van der Waals surface area contributed by atoms with Crippen LogP contribution in [0.1, 0.15) is 50.7 Å². The number of anilines is 1. The molecule has 3 rings (SSSR count). The molecule has 1 heterocycles. The zero-order valence-electron chi connectivity index (χ0n) is 20.0. The van der Waals surface area contributed by atoms with E-state index in [-0.39, 0.29) is 5.57 Å². The number of nitrogens with zero attached hydrogens (tertiary/aromatic N) is 1. The Morgan fingerprint density at radius 2 is 1.77 bits per heavy atom. The fraction of sp³-hybridized carbons (Fsp3) is 0.346. The van der Waals surface area contributed by atoms with Gasteiger partial charge in [-0.15, -0.1) is 0 Å². The van der Waals surface area contributed by atoms with Gasteiger partial charge in [0.25, 0.3) is 11.8 Å². The van der Waals surface area contributed by atoms with Crippen LogP contribution in [0.4, 0.5) is 10.5 Å². The number of carbonyl (C=O) groups excluding carboxylic acids is 3. The maximum atomic E-state index is 13.2. The molecule has 2 aromatic rings. The molecule has 2 aromatic carbocycles. The van der Waals surface area contributed by atoms with Crippen LogP contribution in [0.25, 0.3) is 6.08 Å². The summed E-state index contributed by atoms with van der Waals surface area (Å²) in [7, 11) is 0. The minimum Gasteiger partial charge on any atom is -0.490 e. The molecule has 186 valence electrons. The highest BCUT2D eigenvalue weighted by Crippen LogP contribution is 2.38. The Kier molecular flexibility index (Phi) is 9.18. The highest BCUT2D eigenvalue weighted by molar-refractivity contribution is 6.40. The molecule has 1 saturated heterocycles. The lowest BCUT2D eigenvalue weighted by Gasteiger charge is -2.27. The quantitative estimate of drug-likeness (QED) is 0.225. The van der Waals surface area contributed by atoms with Crippen molar-refractivity contribution in [3.05, 3.63) is 57.1 Å². The van der Waals surface area contributed by atoms with Gasteiger partial charge in [0.15, 0.2) is 11.5 Å². The van der Waals surface area contributed by atoms with Crippen molar-refractivity contribution in [2.75, 3.05) is 18.1 Å². The summed E-state index contributed by atoms with van der Waals surface area (Å²) < 4.78 is 11.6. The minimum absolute atomic E-state index is 0.226. The predicted molar refractivity (Wildman–Crippen MR) is 137 cm³/mol. The normalized spacial score (nSPS) is 14.9. The number of barbiturate groups is 1. The number of carbonyl (C=O) groups is 3. The fourth-order valence-corrected chi connectivity index (χ4v) is 4.10. The van der Waals surface area contributed by atoms with E-state index in [9.17, 15) is 14.4 Å². The Morgan fingerprint density at radius 1 is 1.00 bits per heavy atom. The van der Waals surface area contributed by atoms with Crippen LogP contribution in [0.2, 0.25) is 10.0 Å². The van der Waals surface area contributed by atoms with E-state index in [1.807, 2.05) is 6.92 Å². The zero-order chi connectivity index (χ0) is 25.5. The van der Waals surface area contributed by atoms with Gasteiger partial charge in [-0.25, -0.2) is 9.69 Å². The molecule has 1 aliphatic heterocycles. The number of amides is 4. The summed E-state index contributed by atoms with van der Waals surface area (Å²) in [6.45, 7) is 6.53. The van der Waals surface area contributed by atoms with Crippen molar-refractivity contribution in [1.82, 2.24) is 5.32 Å². The fourth-order valence-electron chi connectivity index (χ4n) is 3.66. The lowest BCUT2D eigenvalue weighted by molar-refractivity contribution is -0.122. The second kappa shape index (κ2) is 12.1. The monoisotopic (exact) mass is 518 g/mol. The Hall–Kier alpha value is -3.03. The molecular formula is C26H28Cl2N2O5. The molecule has 0 aliphatic carbocycles. The zero-order valence-corrected chi connectivity index (χ0v) is 21.5. The molecule has 4 amide bonds. The second-order valence-corrected chi connectivity index (χ2v) is 8.83. The molecule has 0 spiro atoms. The molecule has 1 fully saturated rings. The number of rotatable bonds is 10. The maximum absolute atomic E-state index is 13.2. The van der Waals surface area contributed by atoms with Crippen LogP contribution in [0, 0.1) is 6.92 Å². The summed E-state index contributed by atoms with van der Waals surface area (Å²) in [5.74, 6) is -0.752. The third kappa shape index (κ3) is 6.16. The average molecular weight is 519 g/mol. The second-order valence-electron chi connectivity index (χ2n) is 8.01. The molecule has 1 aliphatic rings. The first kappa shape index (κ1) is 26.6. The van der Waals surface area contributed by atoms with E-state index >= 15 is 0 Å². The summed E-state index contributed by atoms with van der Waals surface area (Å²) in [5, 5.41) is 2.90. The molecule has 9 heteroatoms. The van der Waals surface area contributed by atoms with Gasteiger partial charge in [-0.3, -0.25) is 14.9 Å². The van der Waals surface area contributed by atoms with Crippen molar-refractivity contribution in [3.8, 4) is 11.5 Å². The molecule has 0 radical (unpaired) electrons. The number of benzene rings is 2. The smallest absolute Gasteiger partial charge is 0.335 e. The van der Waals surface area contributed by atoms with Crippen molar-refractivity contribution in [2.45, 2.75) is 46.5 Å². The molecule has 0 atom stereocenters. The third-order valence-corrected chi connectivity index (χ3v) is 6.16. The predicted octanol–water partition coefficient (Wildman–Crippen LogP) is 6.33. The first-order valence-electron chi connectivity index (χ1n) is 11.5. The van der Waals surface area contributed by atoms with Gasteiger partial charge >= 0.3 is 6.03 Å². The lowest BCUT2D eigenvalue weighted by atomic mass is 10.1. The van der Waals surface area contributed by atoms with Crippen LogP contribution >= 0.6 is 23.2 Å². The van der Waals surface area contributed by atoms with Gasteiger partial charge in [-0.1, -0.05) is 55.5 Å². The number of hydrogen-bond acceptors (Lipinski definition) is 5. The van der Waals surface area contributed by atoms with Crippen LogP contribution in [0.15, 0.2) is 35.9 Å². The Balaban J connectivity index is 1.94. The number of halogens is 2. The summed E-state index contributed by atoms with van der Waals surface area (Å²) in [6, 6.07) is 7.25. The summed E-state index contributed by atoms with van der Waals surface area (Å²) in [5.41, 5.74) is 1.05. The van der Waals surface area contributed by atoms with Crippen molar-refractivity contribution in [2.24, 2.45) is 0 Å². The Bertz CT molecular complexity index is 1160. The van der Waals surface area contributed by atoms with Gasteiger partial charge in [-0.05, 0) is 61.7 Å². The van der Waals surface area contributed by atoms with E-state index in [0.717, 1.165) is 30.6 Å². The third-order valence-electron chi connectivity index (χ3n) is 5.47. The standard InChI is InChI=1S/C26H28Cl2N2O5/c1-4-6-7-8-12-35-23-20(28)14-17(15-22(23)34-5-2)13-18-24(31)29-26(33)30(25(18)32)21-11-9-10-19(27)16(21)3/h9-11,13-15H,4-8,12H2,1-3H3,(H,29,31,33)/b18-13-. The molecule has 0 bridgehead atoms. The van der Waals surface area contributed by atoms with E-state index in [0.29, 0.717) is 51.6 Å². The highest BCUT2D eigenvalue weighted by Gasteiger charge is 2.37. The number of ether oxygens (including phenoxy) is 2. The van der Waals surface area contributed by atoms with E-state index in [4.69, 9.17) is 32.7 Å². The average Bonchev–Trinajstić information content (AvgIpc) is 2.81. The molecular weight excluding hydrogens is 491 g/mol. The Labute approximate surface area is 215 Å². The number of hydrogen-bond donors (Lipinski definition) is 1. The van der Waals surface area contributed by atoms with Crippen LogP contribution in [0.5, 0.6) is 11.5 Å². The van der Waals surface area contributed by atoms with Gasteiger partial charge in [0, 0.05) is 5.02 Å². The van der Waals surface area contributed by atoms with E-state index < -0.39 is 17.8 Å². The number of imide groups is 2. The van der Waals surface area contributed by atoms with Crippen LogP contribution in [-0.4, -0.2) is 31.1 Å². The SMILES string of the molecule is CCCCCCOc1c(Cl)cc(/C=C2/C(=O)NC(=O)N(c3cccc(Cl)c3C)C2=O)cc1OCC. The lowest BCUT2D eigenvalue weighted by Crippen LogP contribution is -2.54. The number of nitrogens with one attached hydrogen (secondary N) is 1. The summed E-state index contributed by atoms with van der Waals surface area (Å²) >= 11 is 12.7. The van der Waals surface area contributed by atoms with E-state index in [1.54, 1.807) is 37.3 Å².